The molecule has 0 bridgehead atoms. The Bertz CT molecular complexity index is 1420. The van der Waals surface area contributed by atoms with E-state index in [1.54, 1.807) is 36.4 Å². The Hall–Kier alpha value is -3.64. The molecule has 4 aromatic rings. The fraction of sp³-hybridized carbons (Fsp3) is 0.179. The lowest BCUT2D eigenvalue weighted by Crippen LogP contribution is -2.40. The summed E-state index contributed by atoms with van der Waals surface area (Å²) in [6, 6.07) is 26.1. The van der Waals surface area contributed by atoms with Gasteiger partial charge in [0.1, 0.15) is 6.54 Å². The van der Waals surface area contributed by atoms with Gasteiger partial charge in [0, 0.05) is 6.54 Å². The molecule has 0 unspecified atom stereocenters. The number of nitrogens with zero attached hydrogens (tertiary/aromatic N) is 1. The number of nitrogens with one attached hydrogen (secondary N) is 1. The highest BCUT2D eigenvalue weighted by Gasteiger charge is 2.27. The van der Waals surface area contributed by atoms with E-state index in [0.717, 1.165) is 33.0 Å². The van der Waals surface area contributed by atoms with Gasteiger partial charge in [0.05, 0.1) is 10.6 Å². The standard InChI is InChI=1S/C28H28N2O3S/c1-20-11-13-26(14-12-20)34(32,33)30(25-16-21(2)15-22(3)17-25)19-28(31)29-18-24-9-6-8-23-7-4-5-10-27(23)24/h4-17H,18-19H2,1-3H3,(H,29,31). The van der Waals surface area contributed by atoms with E-state index in [1.165, 1.54) is 4.31 Å². The molecule has 4 aromatic carbocycles. The van der Waals surface area contributed by atoms with Crippen LogP contribution in [-0.4, -0.2) is 20.9 Å². The van der Waals surface area contributed by atoms with Gasteiger partial charge in [-0.3, -0.25) is 9.10 Å². The number of hydrogen-bond acceptors (Lipinski definition) is 3. The number of sulfonamides is 1. The van der Waals surface area contributed by atoms with Gasteiger partial charge in [0.2, 0.25) is 5.91 Å². The maximum atomic E-state index is 13.6. The Balaban J connectivity index is 1.62. The molecule has 0 aromatic heterocycles. The summed E-state index contributed by atoms with van der Waals surface area (Å²) in [6.07, 6.45) is 0. The van der Waals surface area contributed by atoms with Crippen molar-refractivity contribution in [3.63, 3.8) is 0 Å². The zero-order valence-corrected chi connectivity index (χ0v) is 20.4. The molecule has 0 aliphatic heterocycles. The average molecular weight is 473 g/mol. The first-order valence-electron chi connectivity index (χ1n) is 11.1. The van der Waals surface area contributed by atoms with Crippen molar-refractivity contribution in [2.45, 2.75) is 32.2 Å². The fourth-order valence-electron chi connectivity index (χ4n) is 4.07. The summed E-state index contributed by atoms with van der Waals surface area (Å²) in [6.45, 7) is 5.72. The first kappa shape index (κ1) is 23.5. The summed E-state index contributed by atoms with van der Waals surface area (Å²) >= 11 is 0. The lowest BCUT2D eigenvalue weighted by Gasteiger charge is -2.25. The van der Waals surface area contributed by atoms with Crippen LogP contribution in [0.1, 0.15) is 22.3 Å². The third-order valence-electron chi connectivity index (χ3n) is 5.75. The first-order chi connectivity index (χ1) is 16.2. The molecule has 0 spiro atoms. The van der Waals surface area contributed by atoms with Gasteiger partial charge in [-0.15, -0.1) is 0 Å². The summed E-state index contributed by atoms with van der Waals surface area (Å²) in [7, 11) is -3.94. The van der Waals surface area contributed by atoms with Crippen LogP contribution in [0, 0.1) is 20.8 Å². The molecule has 0 saturated heterocycles. The molecular formula is C28H28N2O3S. The van der Waals surface area contributed by atoms with E-state index < -0.39 is 10.0 Å². The van der Waals surface area contributed by atoms with Crippen LogP contribution in [-0.2, 0) is 21.4 Å². The molecule has 0 aliphatic rings. The zero-order chi connectivity index (χ0) is 24.3. The highest BCUT2D eigenvalue weighted by atomic mass is 32.2. The third kappa shape index (κ3) is 5.13. The van der Waals surface area contributed by atoms with Crippen LogP contribution in [0.3, 0.4) is 0 Å². The molecule has 6 heteroatoms. The van der Waals surface area contributed by atoms with Crippen molar-refractivity contribution < 1.29 is 13.2 Å². The van der Waals surface area contributed by atoms with Crippen LogP contribution in [0.4, 0.5) is 5.69 Å². The Morgan fingerprint density at radius 3 is 2.15 bits per heavy atom. The minimum absolute atomic E-state index is 0.152. The molecule has 1 N–H and O–H groups in total. The smallest absolute Gasteiger partial charge is 0.264 e. The maximum Gasteiger partial charge on any atom is 0.264 e. The van der Waals surface area contributed by atoms with E-state index in [2.05, 4.69) is 5.32 Å². The molecule has 0 atom stereocenters. The number of aryl methyl sites for hydroxylation is 3. The van der Waals surface area contributed by atoms with Crippen molar-refractivity contribution in [1.29, 1.82) is 0 Å². The third-order valence-corrected chi connectivity index (χ3v) is 7.53. The average Bonchev–Trinajstić information content (AvgIpc) is 2.80. The minimum atomic E-state index is -3.94. The lowest BCUT2D eigenvalue weighted by molar-refractivity contribution is -0.119. The summed E-state index contributed by atoms with van der Waals surface area (Å²) in [4.78, 5) is 13.2. The van der Waals surface area contributed by atoms with E-state index in [0.29, 0.717) is 12.2 Å². The Morgan fingerprint density at radius 1 is 0.794 bits per heavy atom. The molecule has 0 aliphatic carbocycles. The Labute approximate surface area is 201 Å². The predicted molar refractivity (Wildman–Crippen MR) is 137 cm³/mol. The van der Waals surface area contributed by atoms with Gasteiger partial charge in [0.25, 0.3) is 10.0 Å². The molecule has 174 valence electrons. The predicted octanol–water partition coefficient (Wildman–Crippen LogP) is 5.28. The molecule has 0 heterocycles. The van der Waals surface area contributed by atoms with Gasteiger partial charge < -0.3 is 5.32 Å². The Morgan fingerprint density at radius 2 is 1.44 bits per heavy atom. The largest absolute Gasteiger partial charge is 0.350 e. The summed E-state index contributed by atoms with van der Waals surface area (Å²) in [5, 5.41) is 5.06. The monoisotopic (exact) mass is 472 g/mol. The van der Waals surface area contributed by atoms with Crippen LogP contribution in [0.5, 0.6) is 0 Å². The van der Waals surface area contributed by atoms with Crippen LogP contribution in [0.15, 0.2) is 89.8 Å². The van der Waals surface area contributed by atoms with E-state index in [1.807, 2.05) is 69.3 Å². The van der Waals surface area contributed by atoms with Gasteiger partial charge in [-0.2, -0.15) is 0 Å². The molecule has 0 radical (unpaired) electrons. The summed E-state index contributed by atoms with van der Waals surface area (Å²) in [5.41, 5.74) is 4.26. The number of amides is 1. The number of benzene rings is 4. The molecule has 5 nitrogen and oxygen atoms in total. The second-order valence-electron chi connectivity index (χ2n) is 8.59. The molecule has 0 saturated carbocycles. The number of anilines is 1. The van der Waals surface area contributed by atoms with Crippen molar-refractivity contribution in [2.75, 3.05) is 10.8 Å². The van der Waals surface area contributed by atoms with Gasteiger partial charge in [0.15, 0.2) is 0 Å². The molecule has 1 amide bonds. The second kappa shape index (κ2) is 9.69. The molecule has 34 heavy (non-hydrogen) atoms. The van der Waals surface area contributed by atoms with E-state index in [4.69, 9.17) is 0 Å². The van der Waals surface area contributed by atoms with Crippen LogP contribution >= 0.6 is 0 Å². The van der Waals surface area contributed by atoms with Crippen molar-refractivity contribution in [2.24, 2.45) is 0 Å². The van der Waals surface area contributed by atoms with Gasteiger partial charge in [-0.1, -0.05) is 66.2 Å². The van der Waals surface area contributed by atoms with Crippen LogP contribution < -0.4 is 9.62 Å². The number of hydrogen-bond donors (Lipinski definition) is 1. The highest BCUT2D eigenvalue weighted by Crippen LogP contribution is 2.26. The number of carbonyl (C=O) groups is 1. The summed E-state index contributed by atoms with van der Waals surface area (Å²) < 4.78 is 28.4. The lowest BCUT2D eigenvalue weighted by atomic mass is 10.0. The van der Waals surface area contributed by atoms with E-state index in [9.17, 15) is 13.2 Å². The Kier molecular flexibility index (Phi) is 6.70. The quantitative estimate of drug-likeness (QED) is 0.398. The second-order valence-corrected chi connectivity index (χ2v) is 10.4. The van der Waals surface area contributed by atoms with E-state index >= 15 is 0 Å². The number of fused-ring (bicyclic) bond motifs is 1. The number of rotatable bonds is 7. The normalized spacial score (nSPS) is 11.4. The minimum Gasteiger partial charge on any atom is -0.350 e. The fourth-order valence-corrected chi connectivity index (χ4v) is 5.48. The van der Waals surface area contributed by atoms with Gasteiger partial charge >= 0.3 is 0 Å². The highest BCUT2D eigenvalue weighted by molar-refractivity contribution is 7.92. The SMILES string of the molecule is Cc1ccc(S(=O)(=O)N(CC(=O)NCc2cccc3ccccc23)c2cc(C)cc(C)c2)cc1. The van der Waals surface area contributed by atoms with Crippen LogP contribution in [0.25, 0.3) is 10.8 Å². The summed E-state index contributed by atoms with van der Waals surface area (Å²) in [5.74, 6) is -0.372. The van der Waals surface area contributed by atoms with E-state index in [-0.39, 0.29) is 17.3 Å². The van der Waals surface area contributed by atoms with Gasteiger partial charge in [-0.05, 0) is 72.5 Å². The topological polar surface area (TPSA) is 66.5 Å². The molecule has 4 rings (SSSR count). The van der Waals surface area contributed by atoms with Crippen molar-refractivity contribution in [3.05, 3.63) is 107 Å². The molecule has 0 fully saturated rings. The molecular weight excluding hydrogens is 444 g/mol. The zero-order valence-electron chi connectivity index (χ0n) is 19.6. The first-order valence-corrected chi connectivity index (χ1v) is 12.6. The van der Waals surface area contributed by atoms with Crippen molar-refractivity contribution >= 4 is 32.4 Å². The van der Waals surface area contributed by atoms with Crippen LogP contribution in [0.2, 0.25) is 0 Å². The number of carbonyl (C=O) groups excluding carboxylic acids is 1. The van der Waals surface area contributed by atoms with Crippen molar-refractivity contribution in [1.82, 2.24) is 5.32 Å². The van der Waals surface area contributed by atoms with Crippen molar-refractivity contribution in [3.8, 4) is 0 Å². The maximum absolute atomic E-state index is 13.6. The van der Waals surface area contributed by atoms with Gasteiger partial charge in [-0.25, -0.2) is 8.42 Å².